The van der Waals surface area contributed by atoms with Crippen molar-refractivity contribution in [1.82, 2.24) is 4.90 Å². The summed E-state index contributed by atoms with van der Waals surface area (Å²) in [6.45, 7) is 6.52. The van der Waals surface area contributed by atoms with Gasteiger partial charge >= 0.3 is 5.97 Å². The van der Waals surface area contributed by atoms with E-state index in [2.05, 4.69) is 28.3 Å². The van der Waals surface area contributed by atoms with Crippen LogP contribution in [0.25, 0.3) is 0 Å². The fourth-order valence-electron chi connectivity index (χ4n) is 3.23. The number of Topliss-reactive ketones (excluding diaryl/α,β-unsaturated/α-hetero) is 1. The number of ketones is 1. The number of hydrogen-bond donors (Lipinski definition) is 0. The summed E-state index contributed by atoms with van der Waals surface area (Å²) in [7, 11) is 1.35. The van der Waals surface area contributed by atoms with Crippen molar-refractivity contribution >= 4 is 11.8 Å². The minimum atomic E-state index is -0.403. The van der Waals surface area contributed by atoms with E-state index in [0.717, 1.165) is 18.5 Å². The highest BCUT2D eigenvalue weighted by Crippen LogP contribution is 2.36. The molecule has 1 aliphatic heterocycles. The van der Waals surface area contributed by atoms with Gasteiger partial charge in [0.15, 0.2) is 0 Å². The fourth-order valence-corrected chi connectivity index (χ4v) is 3.23. The van der Waals surface area contributed by atoms with Crippen LogP contribution in [0.2, 0.25) is 0 Å². The van der Waals surface area contributed by atoms with Gasteiger partial charge in [0.05, 0.1) is 7.11 Å². The first-order valence-electron chi connectivity index (χ1n) is 8.29. The standard InChI is InChI=1S/C20H25NO3/c1-4-5-13-21-17(11-12-20(23)24-3)15(2)19(22)14-18(21)16-9-7-6-8-10-16/h4,6-12,15,17-18H,1,5,13-14H2,2-3H3/b12-11+/t15-,17-,18-/m0/s1. The number of rotatable bonds is 6. The Kier molecular flexibility index (Phi) is 6.50. The summed E-state index contributed by atoms with van der Waals surface area (Å²) in [6.07, 6.45) is 6.41. The van der Waals surface area contributed by atoms with Crippen molar-refractivity contribution in [2.24, 2.45) is 5.92 Å². The Labute approximate surface area is 143 Å². The lowest BCUT2D eigenvalue weighted by molar-refractivity contribution is -0.135. The Hall–Kier alpha value is -2.20. The van der Waals surface area contributed by atoms with Gasteiger partial charge in [0, 0.05) is 37.0 Å². The van der Waals surface area contributed by atoms with Crippen LogP contribution in [0.5, 0.6) is 0 Å². The van der Waals surface area contributed by atoms with Gasteiger partial charge in [-0.2, -0.15) is 0 Å². The quantitative estimate of drug-likeness (QED) is 0.457. The van der Waals surface area contributed by atoms with Crippen LogP contribution >= 0.6 is 0 Å². The zero-order valence-corrected chi connectivity index (χ0v) is 14.4. The average Bonchev–Trinajstić information content (AvgIpc) is 2.61. The Balaban J connectivity index is 2.35. The van der Waals surface area contributed by atoms with Gasteiger partial charge in [0.1, 0.15) is 5.78 Å². The van der Waals surface area contributed by atoms with Crippen molar-refractivity contribution in [3.8, 4) is 0 Å². The number of nitrogens with zero attached hydrogens (tertiary/aromatic N) is 1. The molecule has 3 atom stereocenters. The van der Waals surface area contributed by atoms with Crippen molar-refractivity contribution in [1.29, 1.82) is 0 Å². The molecular formula is C20H25NO3. The fraction of sp³-hybridized carbons (Fsp3) is 0.400. The zero-order valence-electron chi connectivity index (χ0n) is 14.4. The molecule has 128 valence electrons. The number of benzene rings is 1. The molecule has 0 amide bonds. The average molecular weight is 327 g/mol. The van der Waals surface area contributed by atoms with Crippen LogP contribution in [-0.4, -0.2) is 36.3 Å². The summed E-state index contributed by atoms with van der Waals surface area (Å²) in [6, 6.07) is 9.94. The SMILES string of the molecule is C=CCCN1[C@H](c2ccccc2)CC(=O)[C@@H](C)[C@@H]1/C=C/C(=O)OC. The van der Waals surface area contributed by atoms with E-state index in [1.54, 1.807) is 6.08 Å². The second-order valence-corrected chi connectivity index (χ2v) is 6.07. The Bertz CT molecular complexity index is 609. The van der Waals surface area contributed by atoms with Gasteiger partial charge < -0.3 is 4.74 Å². The highest BCUT2D eigenvalue weighted by Gasteiger charge is 2.39. The van der Waals surface area contributed by atoms with Crippen molar-refractivity contribution in [3.05, 3.63) is 60.7 Å². The molecule has 1 heterocycles. The highest BCUT2D eigenvalue weighted by atomic mass is 16.5. The topological polar surface area (TPSA) is 46.6 Å². The van der Waals surface area contributed by atoms with Crippen LogP contribution in [0, 0.1) is 5.92 Å². The number of likely N-dealkylation sites (tertiary alicyclic amines) is 1. The maximum atomic E-state index is 12.5. The molecule has 1 aliphatic rings. The lowest BCUT2D eigenvalue weighted by Gasteiger charge is -2.43. The molecule has 0 bridgehead atoms. The summed E-state index contributed by atoms with van der Waals surface area (Å²) in [4.78, 5) is 26.3. The van der Waals surface area contributed by atoms with E-state index >= 15 is 0 Å². The van der Waals surface area contributed by atoms with Gasteiger partial charge in [-0.3, -0.25) is 9.69 Å². The van der Waals surface area contributed by atoms with Gasteiger partial charge in [-0.25, -0.2) is 4.79 Å². The number of hydrogen-bond acceptors (Lipinski definition) is 4. The number of carbonyl (C=O) groups is 2. The molecule has 24 heavy (non-hydrogen) atoms. The van der Waals surface area contributed by atoms with E-state index in [1.807, 2.05) is 31.2 Å². The molecule has 1 fully saturated rings. The number of esters is 1. The predicted octanol–water partition coefficient (Wildman–Crippen LogP) is 3.31. The van der Waals surface area contributed by atoms with E-state index in [9.17, 15) is 9.59 Å². The van der Waals surface area contributed by atoms with Crippen molar-refractivity contribution in [2.45, 2.75) is 31.8 Å². The predicted molar refractivity (Wildman–Crippen MR) is 94.4 cm³/mol. The zero-order chi connectivity index (χ0) is 17.5. The number of ether oxygens (including phenoxy) is 1. The van der Waals surface area contributed by atoms with E-state index in [4.69, 9.17) is 0 Å². The molecule has 1 aromatic rings. The summed E-state index contributed by atoms with van der Waals surface area (Å²) >= 11 is 0. The van der Waals surface area contributed by atoms with E-state index in [-0.39, 0.29) is 23.8 Å². The monoisotopic (exact) mass is 327 g/mol. The molecule has 1 saturated heterocycles. The molecule has 0 aliphatic carbocycles. The van der Waals surface area contributed by atoms with Crippen LogP contribution in [0.1, 0.15) is 31.4 Å². The minimum absolute atomic E-state index is 0.0159. The summed E-state index contributed by atoms with van der Waals surface area (Å²) in [5.41, 5.74) is 1.12. The van der Waals surface area contributed by atoms with E-state index < -0.39 is 5.97 Å². The van der Waals surface area contributed by atoms with Gasteiger partial charge in [-0.1, -0.05) is 49.4 Å². The molecule has 0 saturated carbocycles. The maximum absolute atomic E-state index is 12.5. The minimum Gasteiger partial charge on any atom is -0.466 e. The van der Waals surface area contributed by atoms with Gasteiger partial charge in [0.2, 0.25) is 0 Å². The molecule has 0 spiro atoms. The van der Waals surface area contributed by atoms with Gasteiger partial charge in [0.25, 0.3) is 0 Å². The Morgan fingerprint density at radius 3 is 2.71 bits per heavy atom. The number of methoxy groups -OCH3 is 1. The van der Waals surface area contributed by atoms with Gasteiger partial charge in [-0.15, -0.1) is 6.58 Å². The first kappa shape index (κ1) is 18.1. The van der Waals surface area contributed by atoms with Crippen molar-refractivity contribution in [3.63, 3.8) is 0 Å². The molecule has 0 radical (unpaired) electrons. The van der Waals surface area contributed by atoms with Crippen LogP contribution in [0.4, 0.5) is 0 Å². The summed E-state index contributed by atoms with van der Waals surface area (Å²) in [5, 5.41) is 0. The molecular weight excluding hydrogens is 302 g/mol. The Morgan fingerprint density at radius 2 is 2.08 bits per heavy atom. The highest BCUT2D eigenvalue weighted by molar-refractivity contribution is 5.85. The van der Waals surface area contributed by atoms with Crippen LogP contribution < -0.4 is 0 Å². The summed E-state index contributed by atoms with van der Waals surface area (Å²) < 4.78 is 4.69. The molecule has 0 aromatic heterocycles. The van der Waals surface area contributed by atoms with E-state index in [1.165, 1.54) is 13.2 Å². The largest absolute Gasteiger partial charge is 0.466 e. The third-order valence-corrected chi connectivity index (χ3v) is 4.60. The second kappa shape index (κ2) is 8.60. The van der Waals surface area contributed by atoms with Crippen molar-refractivity contribution < 1.29 is 14.3 Å². The lowest BCUT2D eigenvalue weighted by Crippen LogP contribution is -2.49. The molecule has 2 rings (SSSR count). The Morgan fingerprint density at radius 1 is 1.38 bits per heavy atom. The molecule has 4 nitrogen and oxygen atoms in total. The second-order valence-electron chi connectivity index (χ2n) is 6.07. The maximum Gasteiger partial charge on any atom is 0.330 e. The molecule has 4 heteroatoms. The van der Waals surface area contributed by atoms with Crippen LogP contribution in [0.15, 0.2) is 55.1 Å². The molecule has 1 aromatic carbocycles. The van der Waals surface area contributed by atoms with Gasteiger partial charge in [-0.05, 0) is 12.0 Å². The summed E-state index contributed by atoms with van der Waals surface area (Å²) in [5.74, 6) is -0.339. The molecule has 0 unspecified atom stereocenters. The smallest absolute Gasteiger partial charge is 0.330 e. The first-order valence-corrected chi connectivity index (χ1v) is 8.29. The first-order chi connectivity index (χ1) is 11.6. The molecule has 0 N–H and O–H groups in total. The van der Waals surface area contributed by atoms with Crippen LogP contribution in [-0.2, 0) is 14.3 Å². The third kappa shape index (κ3) is 4.20. The lowest BCUT2D eigenvalue weighted by atomic mass is 9.82. The van der Waals surface area contributed by atoms with Crippen LogP contribution in [0.3, 0.4) is 0 Å². The van der Waals surface area contributed by atoms with Crippen molar-refractivity contribution in [2.75, 3.05) is 13.7 Å². The number of carbonyl (C=O) groups excluding carboxylic acids is 2. The third-order valence-electron chi connectivity index (χ3n) is 4.60. The normalized spacial score (nSPS) is 24.9. The van der Waals surface area contributed by atoms with E-state index in [0.29, 0.717) is 6.42 Å². The number of piperidine rings is 1.